The smallest absolute Gasteiger partial charge is 0.269 e. The fourth-order valence-corrected chi connectivity index (χ4v) is 3.95. The van der Waals surface area contributed by atoms with E-state index in [2.05, 4.69) is 10.5 Å². The molecule has 0 saturated carbocycles. The van der Waals surface area contributed by atoms with E-state index < -0.39 is 14.8 Å². The molecule has 1 fully saturated rings. The third-order valence-electron chi connectivity index (χ3n) is 3.93. The Morgan fingerprint density at radius 3 is 2.30 bits per heavy atom. The number of morpholine rings is 1. The number of nitrogens with zero attached hydrogens (tertiary/aromatic N) is 3. The summed E-state index contributed by atoms with van der Waals surface area (Å²) in [4.78, 5) is 12.0. The van der Waals surface area contributed by atoms with Crippen LogP contribution >= 0.6 is 0 Å². The molecule has 1 saturated heterocycles. The molecule has 0 spiro atoms. The predicted octanol–water partition coefficient (Wildman–Crippen LogP) is 2.08. The highest BCUT2D eigenvalue weighted by atomic mass is 32.2. The molecular formula is C17H18N4O5S. The lowest BCUT2D eigenvalue weighted by atomic mass is 10.3. The van der Waals surface area contributed by atoms with Gasteiger partial charge in [0.1, 0.15) is 0 Å². The lowest BCUT2D eigenvalue weighted by Gasteiger charge is -2.29. The van der Waals surface area contributed by atoms with Crippen molar-refractivity contribution in [3.8, 4) is 0 Å². The summed E-state index contributed by atoms with van der Waals surface area (Å²) in [6.07, 6.45) is 0. The molecule has 2 aromatic carbocycles. The Morgan fingerprint density at radius 2 is 1.70 bits per heavy atom. The highest BCUT2D eigenvalue weighted by molar-refractivity contribution is 8.06. The van der Waals surface area contributed by atoms with Crippen LogP contribution < -0.4 is 5.43 Å². The van der Waals surface area contributed by atoms with E-state index in [0.717, 1.165) is 0 Å². The first-order valence-electron chi connectivity index (χ1n) is 8.19. The van der Waals surface area contributed by atoms with Gasteiger partial charge in [-0.15, -0.1) is 5.10 Å². The maximum absolute atomic E-state index is 13.1. The van der Waals surface area contributed by atoms with Gasteiger partial charge in [0.25, 0.3) is 5.69 Å². The van der Waals surface area contributed by atoms with Crippen molar-refractivity contribution in [3.63, 3.8) is 0 Å². The summed E-state index contributed by atoms with van der Waals surface area (Å²) in [6, 6.07) is 13.6. The van der Waals surface area contributed by atoms with Gasteiger partial charge in [0, 0.05) is 25.2 Å². The first-order valence-corrected chi connectivity index (χ1v) is 9.68. The minimum absolute atomic E-state index is 0.0603. The van der Waals surface area contributed by atoms with Crippen LogP contribution in [0.15, 0.2) is 64.6 Å². The topological polar surface area (TPSA) is 114 Å². The normalized spacial score (nSPS) is 15.4. The standard InChI is InChI=1S/C17H18N4O5S/c22-21(23)15-8-6-14(7-9-15)18-19-17(20-10-12-26-13-11-20)27(24,25)16-4-2-1-3-5-16/h1-9,18H,10-13H2/b19-17+. The van der Waals surface area contributed by atoms with Gasteiger partial charge in [-0.3, -0.25) is 15.5 Å². The molecule has 9 nitrogen and oxygen atoms in total. The predicted molar refractivity (Wildman–Crippen MR) is 100 cm³/mol. The van der Waals surface area contributed by atoms with Crippen LogP contribution in [0.25, 0.3) is 0 Å². The van der Waals surface area contributed by atoms with Gasteiger partial charge in [-0.1, -0.05) is 18.2 Å². The van der Waals surface area contributed by atoms with Crippen LogP contribution in [0.5, 0.6) is 0 Å². The lowest BCUT2D eigenvalue weighted by molar-refractivity contribution is -0.384. The Labute approximate surface area is 156 Å². The van der Waals surface area contributed by atoms with Crippen LogP contribution in [0, 0.1) is 10.1 Å². The first kappa shape index (κ1) is 18.8. The fourth-order valence-electron chi connectivity index (χ4n) is 2.53. The van der Waals surface area contributed by atoms with Crippen molar-refractivity contribution in [2.75, 3.05) is 31.7 Å². The summed E-state index contributed by atoms with van der Waals surface area (Å²) < 4.78 is 31.4. The first-order chi connectivity index (χ1) is 13.0. The molecule has 142 valence electrons. The average molecular weight is 390 g/mol. The number of hydrogen-bond acceptors (Lipinski definition) is 7. The SMILES string of the molecule is O=[N+]([O-])c1ccc(N/N=C(\N2CCOCC2)S(=O)(=O)c2ccccc2)cc1. The third-order valence-corrected chi connectivity index (χ3v) is 5.66. The second-order valence-electron chi connectivity index (χ2n) is 5.73. The van der Waals surface area contributed by atoms with E-state index in [9.17, 15) is 18.5 Å². The van der Waals surface area contributed by atoms with Crippen molar-refractivity contribution in [3.05, 3.63) is 64.7 Å². The van der Waals surface area contributed by atoms with E-state index in [0.29, 0.717) is 32.0 Å². The van der Waals surface area contributed by atoms with Gasteiger partial charge in [0.2, 0.25) is 15.0 Å². The number of amidine groups is 1. The average Bonchev–Trinajstić information content (AvgIpc) is 2.70. The number of non-ortho nitro benzene ring substituents is 1. The molecule has 0 aliphatic carbocycles. The molecule has 1 aliphatic heterocycles. The zero-order valence-corrected chi connectivity index (χ0v) is 15.1. The molecule has 3 rings (SSSR count). The molecule has 0 bridgehead atoms. The largest absolute Gasteiger partial charge is 0.378 e. The van der Waals surface area contributed by atoms with Crippen molar-refractivity contribution >= 4 is 26.4 Å². The molecule has 0 unspecified atom stereocenters. The zero-order valence-electron chi connectivity index (χ0n) is 14.3. The van der Waals surface area contributed by atoms with Crippen LogP contribution in [0.3, 0.4) is 0 Å². The number of rotatable bonds is 4. The number of benzene rings is 2. The number of ether oxygens (including phenoxy) is 1. The minimum Gasteiger partial charge on any atom is -0.378 e. The second-order valence-corrected chi connectivity index (χ2v) is 7.57. The summed E-state index contributed by atoms with van der Waals surface area (Å²) >= 11 is 0. The molecule has 0 aromatic heterocycles. The summed E-state index contributed by atoms with van der Waals surface area (Å²) in [7, 11) is -3.84. The Bertz CT molecular complexity index is 924. The minimum atomic E-state index is -3.84. The van der Waals surface area contributed by atoms with Crippen LogP contribution in [0.1, 0.15) is 0 Å². The number of nitro groups is 1. The lowest BCUT2D eigenvalue weighted by Crippen LogP contribution is -2.44. The summed E-state index contributed by atoms with van der Waals surface area (Å²) in [5.74, 6) is 0. The fraction of sp³-hybridized carbons (Fsp3) is 0.235. The molecule has 10 heteroatoms. The Morgan fingerprint density at radius 1 is 1.07 bits per heavy atom. The maximum Gasteiger partial charge on any atom is 0.269 e. The number of nitrogens with one attached hydrogen (secondary N) is 1. The number of nitro benzene ring substituents is 1. The monoisotopic (exact) mass is 390 g/mol. The maximum atomic E-state index is 13.1. The van der Waals surface area contributed by atoms with Crippen molar-refractivity contribution in [2.24, 2.45) is 5.10 Å². The van der Waals surface area contributed by atoms with Gasteiger partial charge in [0.15, 0.2) is 0 Å². The highest BCUT2D eigenvalue weighted by Crippen LogP contribution is 2.18. The molecule has 0 amide bonds. The Hall–Kier alpha value is -2.98. The quantitative estimate of drug-likeness (QED) is 0.368. The van der Waals surface area contributed by atoms with E-state index in [1.165, 1.54) is 36.4 Å². The zero-order chi connectivity index (χ0) is 19.3. The van der Waals surface area contributed by atoms with Gasteiger partial charge in [-0.05, 0) is 24.3 Å². The van der Waals surface area contributed by atoms with Crippen LogP contribution in [-0.2, 0) is 14.6 Å². The van der Waals surface area contributed by atoms with E-state index in [4.69, 9.17) is 4.74 Å². The van der Waals surface area contributed by atoms with E-state index >= 15 is 0 Å². The number of hydrazone groups is 1. The molecule has 0 radical (unpaired) electrons. The third kappa shape index (κ3) is 4.41. The van der Waals surface area contributed by atoms with E-state index in [1.807, 2.05) is 0 Å². The molecule has 1 aliphatic rings. The van der Waals surface area contributed by atoms with Gasteiger partial charge < -0.3 is 9.64 Å². The van der Waals surface area contributed by atoms with Gasteiger partial charge in [0.05, 0.1) is 28.7 Å². The summed E-state index contributed by atoms with van der Waals surface area (Å²) in [5, 5.41) is 14.7. The molecule has 2 aromatic rings. The summed E-state index contributed by atoms with van der Waals surface area (Å²) in [5.41, 5.74) is 3.07. The number of anilines is 1. The van der Waals surface area contributed by atoms with Gasteiger partial charge >= 0.3 is 0 Å². The molecule has 1 N–H and O–H groups in total. The second kappa shape index (κ2) is 8.14. The molecule has 27 heavy (non-hydrogen) atoms. The van der Waals surface area contributed by atoms with Crippen molar-refractivity contribution < 1.29 is 18.1 Å². The Kier molecular flexibility index (Phi) is 5.67. The molecular weight excluding hydrogens is 372 g/mol. The van der Waals surface area contributed by atoms with Crippen molar-refractivity contribution in [1.29, 1.82) is 0 Å². The van der Waals surface area contributed by atoms with Crippen LogP contribution in [-0.4, -0.2) is 49.7 Å². The van der Waals surface area contributed by atoms with Crippen LogP contribution in [0.4, 0.5) is 11.4 Å². The van der Waals surface area contributed by atoms with Crippen molar-refractivity contribution in [1.82, 2.24) is 4.90 Å². The van der Waals surface area contributed by atoms with Gasteiger partial charge in [-0.2, -0.15) is 0 Å². The summed E-state index contributed by atoms with van der Waals surface area (Å²) in [6.45, 7) is 1.60. The van der Waals surface area contributed by atoms with E-state index in [1.54, 1.807) is 23.1 Å². The van der Waals surface area contributed by atoms with E-state index in [-0.39, 0.29) is 15.8 Å². The molecule has 0 atom stereocenters. The van der Waals surface area contributed by atoms with Crippen LogP contribution in [0.2, 0.25) is 0 Å². The Balaban J connectivity index is 1.92. The highest BCUT2D eigenvalue weighted by Gasteiger charge is 2.29. The number of sulfone groups is 1. The molecule has 1 heterocycles. The number of hydrogen-bond donors (Lipinski definition) is 1. The van der Waals surface area contributed by atoms with Gasteiger partial charge in [-0.25, -0.2) is 8.42 Å². The van der Waals surface area contributed by atoms with Crippen molar-refractivity contribution in [2.45, 2.75) is 4.90 Å².